The summed E-state index contributed by atoms with van der Waals surface area (Å²) in [6.45, 7) is 7.53. The zero-order valence-electron chi connectivity index (χ0n) is 15.6. The Morgan fingerprint density at radius 2 is 1.60 bits per heavy atom. The number of aldehydes is 1. The minimum absolute atomic E-state index is 0.251. The van der Waals surface area contributed by atoms with Crippen molar-refractivity contribution in [3.8, 4) is 11.5 Å². The molecule has 2 rings (SSSR count). The van der Waals surface area contributed by atoms with Gasteiger partial charge < -0.3 is 23.9 Å². The van der Waals surface area contributed by atoms with Gasteiger partial charge in [0.15, 0.2) is 0 Å². The molecule has 7 heteroatoms. The average Bonchev–Trinajstić information content (AvgIpc) is 2.79. The second kappa shape index (κ2) is 7.19. The summed E-state index contributed by atoms with van der Waals surface area (Å²) < 4.78 is 22.7. The molecule has 1 aromatic rings. The van der Waals surface area contributed by atoms with Crippen LogP contribution in [0.25, 0.3) is 6.08 Å². The van der Waals surface area contributed by atoms with E-state index < -0.39 is 18.3 Å². The van der Waals surface area contributed by atoms with Gasteiger partial charge in [0.25, 0.3) is 0 Å². The zero-order valence-corrected chi connectivity index (χ0v) is 15.6. The number of carbonyl (C=O) groups is 1. The van der Waals surface area contributed by atoms with Gasteiger partial charge >= 0.3 is 7.12 Å². The van der Waals surface area contributed by atoms with Crippen LogP contribution in [0.4, 0.5) is 0 Å². The van der Waals surface area contributed by atoms with Gasteiger partial charge in [-0.2, -0.15) is 0 Å². The Hall–Kier alpha value is -1.83. The van der Waals surface area contributed by atoms with Crippen molar-refractivity contribution in [1.29, 1.82) is 0 Å². The average molecular weight is 348 g/mol. The maximum atomic E-state index is 11.1. The molecule has 0 atom stereocenters. The molecule has 0 aromatic heterocycles. The lowest BCUT2D eigenvalue weighted by atomic mass is 9.77. The third kappa shape index (κ3) is 3.73. The molecule has 0 aliphatic carbocycles. The van der Waals surface area contributed by atoms with Crippen molar-refractivity contribution >= 4 is 19.5 Å². The maximum Gasteiger partial charge on any atom is 0.492 e. The van der Waals surface area contributed by atoms with E-state index in [-0.39, 0.29) is 6.61 Å². The Morgan fingerprint density at radius 3 is 1.96 bits per heavy atom. The van der Waals surface area contributed by atoms with Crippen LogP contribution in [0.5, 0.6) is 11.5 Å². The maximum absolute atomic E-state index is 11.1. The van der Waals surface area contributed by atoms with Crippen LogP contribution < -0.4 is 9.47 Å². The summed E-state index contributed by atoms with van der Waals surface area (Å²) in [5.74, 6) is 0.924. The van der Waals surface area contributed by atoms with Crippen LogP contribution in [-0.4, -0.2) is 50.5 Å². The normalized spacial score (nSPS) is 19.0. The third-order valence-electron chi connectivity index (χ3n) is 4.77. The van der Waals surface area contributed by atoms with E-state index in [1.165, 1.54) is 14.2 Å². The molecule has 1 aliphatic rings. The highest BCUT2D eigenvalue weighted by Gasteiger charge is 2.52. The first-order valence-electron chi connectivity index (χ1n) is 8.07. The van der Waals surface area contributed by atoms with Crippen molar-refractivity contribution in [1.82, 2.24) is 0 Å². The lowest BCUT2D eigenvalue weighted by molar-refractivity contribution is 0.00578. The number of rotatable bonds is 6. The van der Waals surface area contributed by atoms with Crippen LogP contribution in [0.1, 0.15) is 43.6 Å². The fraction of sp³-hybridized carbons (Fsp3) is 0.500. The summed E-state index contributed by atoms with van der Waals surface area (Å²) in [7, 11) is 2.33. The summed E-state index contributed by atoms with van der Waals surface area (Å²) in [5.41, 5.74) is 0.554. The molecule has 25 heavy (non-hydrogen) atoms. The van der Waals surface area contributed by atoms with Crippen LogP contribution in [0.2, 0.25) is 0 Å². The lowest BCUT2D eigenvalue weighted by Crippen LogP contribution is -2.41. The summed E-state index contributed by atoms with van der Waals surface area (Å²) in [6.07, 6.45) is 2.44. The van der Waals surface area contributed by atoms with Crippen LogP contribution in [-0.2, 0) is 9.31 Å². The van der Waals surface area contributed by atoms with E-state index in [1.54, 1.807) is 18.2 Å². The number of aliphatic hydroxyl groups excluding tert-OH is 1. The number of ether oxygens (including phenoxy) is 2. The van der Waals surface area contributed by atoms with E-state index in [0.29, 0.717) is 28.1 Å². The minimum Gasteiger partial charge on any atom is -0.496 e. The molecule has 0 spiro atoms. The number of aliphatic hydroxyl groups is 1. The first-order chi connectivity index (χ1) is 11.7. The molecule has 1 aromatic carbocycles. The molecular formula is C18H25BO6. The first kappa shape index (κ1) is 19.5. The molecule has 6 nitrogen and oxygen atoms in total. The SMILES string of the molecule is COc1cc(C=O)cc(OC)c1C=C(CO)B1OC(C)(C)C(C)(C)O1. The van der Waals surface area contributed by atoms with E-state index in [0.717, 1.165) is 6.29 Å². The van der Waals surface area contributed by atoms with Crippen molar-refractivity contribution in [3.05, 3.63) is 28.7 Å². The molecular weight excluding hydrogens is 323 g/mol. The molecule has 1 saturated heterocycles. The van der Waals surface area contributed by atoms with Crippen LogP contribution >= 0.6 is 0 Å². The summed E-state index contributed by atoms with van der Waals surface area (Å²) >= 11 is 0. The van der Waals surface area contributed by atoms with E-state index in [1.807, 2.05) is 27.7 Å². The number of hydrogen-bond acceptors (Lipinski definition) is 6. The highest BCUT2D eigenvalue weighted by atomic mass is 16.7. The molecule has 0 saturated carbocycles. The molecule has 1 fully saturated rings. The molecule has 1 aliphatic heterocycles. The first-order valence-corrected chi connectivity index (χ1v) is 8.07. The Bertz CT molecular complexity index is 639. The van der Waals surface area contributed by atoms with Crippen molar-refractivity contribution in [2.75, 3.05) is 20.8 Å². The van der Waals surface area contributed by atoms with Gasteiger partial charge in [-0.3, -0.25) is 4.79 Å². The monoisotopic (exact) mass is 348 g/mol. The van der Waals surface area contributed by atoms with Crippen LogP contribution in [0.3, 0.4) is 0 Å². The van der Waals surface area contributed by atoms with Crippen molar-refractivity contribution in [2.45, 2.75) is 38.9 Å². The second-order valence-electron chi connectivity index (χ2n) is 6.92. The van der Waals surface area contributed by atoms with E-state index in [9.17, 15) is 9.90 Å². The molecule has 0 radical (unpaired) electrons. The van der Waals surface area contributed by atoms with E-state index in [4.69, 9.17) is 18.8 Å². The van der Waals surface area contributed by atoms with Gasteiger partial charge in [0.2, 0.25) is 0 Å². The molecule has 0 bridgehead atoms. The fourth-order valence-electron chi connectivity index (χ4n) is 2.54. The van der Waals surface area contributed by atoms with E-state index >= 15 is 0 Å². The Kier molecular flexibility index (Phi) is 5.61. The fourth-order valence-corrected chi connectivity index (χ4v) is 2.54. The van der Waals surface area contributed by atoms with Gasteiger partial charge in [-0.1, -0.05) is 0 Å². The predicted octanol–water partition coefficient (Wildman–Crippen LogP) is 2.52. The third-order valence-corrected chi connectivity index (χ3v) is 4.77. The smallest absolute Gasteiger partial charge is 0.492 e. The molecule has 136 valence electrons. The highest BCUT2D eigenvalue weighted by molar-refractivity contribution is 6.55. The Labute approximate surface area is 148 Å². The zero-order chi connectivity index (χ0) is 18.8. The van der Waals surface area contributed by atoms with Gasteiger partial charge in [-0.25, -0.2) is 0 Å². The topological polar surface area (TPSA) is 74.2 Å². The van der Waals surface area contributed by atoms with Crippen LogP contribution in [0, 0.1) is 0 Å². The van der Waals surface area contributed by atoms with Gasteiger partial charge in [0.1, 0.15) is 17.8 Å². The molecule has 0 amide bonds. The minimum atomic E-state index is -0.685. The number of benzene rings is 1. The summed E-state index contributed by atoms with van der Waals surface area (Å²) in [6, 6.07) is 3.22. The van der Waals surface area contributed by atoms with Crippen molar-refractivity contribution < 1.29 is 28.7 Å². The highest BCUT2D eigenvalue weighted by Crippen LogP contribution is 2.40. The molecule has 1 heterocycles. The Balaban J connectivity index is 2.49. The summed E-state index contributed by atoms with van der Waals surface area (Å²) in [4.78, 5) is 11.1. The quantitative estimate of drug-likeness (QED) is 0.629. The number of carbonyl (C=O) groups excluding carboxylic acids is 1. The molecule has 1 N–H and O–H groups in total. The van der Waals surface area contributed by atoms with Crippen LogP contribution in [0.15, 0.2) is 17.6 Å². The van der Waals surface area contributed by atoms with Gasteiger partial charge in [-0.05, 0) is 51.4 Å². The number of hydrogen-bond donors (Lipinski definition) is 1. The second-order valence-corrected chi connectivity index (χ2v) is 6.92. The van der Waals surface area contributed by atoms with Crippen molar-refractivity contribution in [2.24, 2.45) is 0 Å². The summed E-state index contributed by atoms with van der Waals surface area (Å²) in [5, 5.41) is 9.85. The number of methoxy groups -OCH3 is 2. The van der Waals surface area contributed by atoms with Gasteiger partial charge in [0.05, 0.1) is 37.6 Å². The van der Waals surface area contributed by atoms with Gasteiger partial charge in [0, 0.05) is 5.56 Å². The predicted molar refractivity (Wildman–Crippen MR) is 96.1 cm³/mol. The standard InChI is InChI=1S/C18H25BO6/c1-17(2)18(3,4)25-19(24-17)13(11-21)9-14-15(22-5)7-12(10-20)8-16(14)23-6/h7-10,21H,11H2,1-6H3. The lowest BCUT2D eigenvalue weighted by Gasteiger charge is -2.32. The van der Waals surface area contributed by atoms with E-state index in [2.05, 4.69) is 0 Å². The largest absolute Gasteiger partial charge is 0.496 e. The molecule has 0 unspecified atom stereocenters. The van der Waals surface area contributed by atoms with Gasteiger partial charge in [-0.15, -0.1) is 0 Å². The Morgan fingerprint density at radius 1 is 1.12 bits per heavy atom. The van der Waals surface area contributed by atoms with Crippen molar-refractivity contribution in [3.63, 3.8) is 0 Å².